The molecular formula is C64H48IrN4O-2. The normalized spacial score (nSPS) is 11.6. The summed E-state index contributed by atoms with van der Waals surface area (Å²) in [6.45, 7) is 9.22. The molecule has 70 heavy (non-hydrogen) atoms. The summed E-state index contributed by atoms with van der Waals surface area (Å²) in [7, 11) is 0. The number of hydrogen-bond acceptors (Lipinski definition) is 3. The zero-order chi connectivity index (χ0) is 46.6. The summed E-state index contributed by atoms with van der Waals surface area (Å²) in [4.78, 5) is 9.79. The molecule has 0 bridgehead atoms. The van der Waals surface area contributed by atoms with Gasteiger partial charge in [-0.15, -0.1) is 48.0 Å². The fraction of sp³-hybridized carbons (Fsp3) is 0.0938. The van der Waals surface area contributed by atoms with Crippen molar-refractivity contribution in [1.82, 2.24) is 19.1 Å². The zero-order valence-corrected chi connectivity index (χ0v) is 41.7. The van der Waals surface area contributed by atoms with E-state index in [2.05, 4.69) is 206 Å². The number of fused-ring (bicyclic) bond motifs is 9. The second-order valence-electron chi connectivity index (χ2n) is 18.3. The number of aromatic nitrogens is 4. The van der Waals surface area contributed by atoms with Crippen LogP contribution in [0, 0.1) is 12.1 Å². The van der Waals surface area contributed by atoms with Gasteiger partial charge in [-0.25, -0.2) is 0 Å². The molecule has 1 radical (unpaired) electrons. The molecule has 4 aromatic heterocycles. The second kappa shape index (κ2) is 18.5. The minimum Gasteiger partial charge on any atom is -0.500 e. The van der Waals surface area contributed by atoms with Crippen LogP contribution in [0.5, 0.6) is 0 Å². The van der Waals surface area contributed by atoms with Gasteiger partial charge in [-0.2, -0.15) is 0 Å². The molecule has 341 valence electrons. The molecule has 13 rings (SSSR count). The molecule has 13 aromatic rings. The van der Waals surface area contributed by atoms with Crippen LogP contribution >= 0.6 is 0 Å². The van der Waals surface area contributed by atoms with E-state index in [4.69, 9.17) is 9.40 Å². The summed E-state index contributed by atoms with van der Waals surface area (Å²) in [5, 5.41) is 6.87. The van der Waals surface area contributed by atoms with Crippen LogP contribution in [0.4, 0.5) is 0 Å². The van der Waals surface area contributed by atoms with E-state index in [-0.39, 0.29) is 31.9 Å². The summed E-state index contributed by atoms with van der Waals surface area (Å²) in [6.07, 6.45) is 1.79. The van der Waals surface area contributed by atoms with E-state index in [1.54, 1.807) is 6.20 Å². The van der Waals surface area contributed by atoms with Gasteiger partial charge >= 0.3 is 0 Å². The third-order valence-electron chi connectivity index (χ3n) is 13.4. The molecule has 9 aromatic carbocycles. The number of rotatable bonds is 7. The molecule has 0 aliphatic heterocycles. The number of benzene rings is 9. The number of para-hydroxylation sites is 3. The van der Waals surface area contributed by atoms with Gasteiger partial charge in [-0.05, 0) is 98.7 Å². The van der Waals surface area contributed by atoms with Crippen molar-refractivity contribution in [2.24, 2.45) is 0 Å². The maximum Gasteiger partial charge on any atom is 0.121 e. The van der Waals surface area contributed by atoms with Gasteiger partial charge in [0.05, 0.1) is 22.4 Å². The van der Waals surface area contributed by atoms with E-state index in [0.29, 0.717) is 0 Å². The van der Waals surface area contributed by atoms with Crippen LogP contribution in [0.2, 0.25) is 0 Å². The molecule has 0 saturated heterocycles. The summed E-state index contributed by atoms with van der Waals surface area (Å²) in [5.41, 5.74) is 16.0. The Bertz CT molecular complexity index is 3900. The van der Waals surface area contributed by atoms with Gasteiger partial charge in [0.25, 0.3) is 0 Å². The first-order valence-corrected chi connectivity index (χ1v) is 23.8. The number of pyridine rings is 1. The molecule has 0 spiro atoms. The molecule has 0 unspecified atom stereocenters. The minimum absolute atomic E-state index is 0. The first kappa shape index (κ1) is 44.6. The number of imidazole rings is 1. The average molecular weight is 1080 g/mol. The van der Waals surface area contributed by atoms with Crippen molar-refractivity contribution in [3.8, 4) is 45.1 Å². The molecule has 0 saturated carbocycles. The average Bonchev–Trinajstić information content (AvgIpc) is 4.10. The van der Waals surface area contributed by atoms with Gasteiger partial charge in [-0.3, -0.25) is 4.98 Å². The second-order valence-corrected chi connectivity index (χ2v) is 18.3. The predicted octanol–water partition coefficient (Wildman–Crippen LogP) is 17.1. The Hall–Kier alpha value is -7.89. The zero-order valence-electron chi connectivity index (χ0n) is 39.3. The van der Waals surface area contributed by atoms with E-state index in [9.17, 15) is 0 Å². The van der Waals surface area contributed by atoms with Crippen molar-refractivity contribution in [3.63, 3.8) is 0 Å². The van der Waals surface area contributed by atoms with Crippen LogP contribution in [-0.2, 0) is 20.1 Å². The topological polar surface area (TPSA) is 48.8 Å². The van der Waals surface area contributed by atoms with E-state index >= 15 is 0 Å². The standard InChI is InChI=1S/C53H40N3O.C11H8N.Ir/c1-32(2)42-30-36(34-16-6-5-7-17-34)31-43(33(3)4)50(42)56-51-37-19-9-8-18-35(37)26-28-44(51)54-53(56)41-27-29-47(49-40-22-12-15-25-48(40)57-52(41)49)55-45-23-13-10-20-38(45)39-21-11-14-24-46(39)55;1-2-6-10(7-3-1)11-8-4-5-9-12-11;/h5-26,28-33H,1-4H3;1-6,8-9H;/q2*-1;. The van der Waals surface area contributed by atoms with Crippen molar-refractivity contribution < 1.29 is 24.5 Å². The largest absolute Gasteiger partial charge is 0.500 e. The Balaban J connectivity index is 0.000000359. The summed E-state index contributed by atoms with van der Waals surface area (Å²) < 4.78 is 11.8. The molecule has 0 fully saturated rings. The van der Waals surface area contributed by atoms with Crippen LogP contribution < -0.4 is 0 Å². The Morgan fingerprint density at radius 3 is 1.84 bits per heavy atom. The van der Waals surface area contributed by atoms with Crippen LogP contribution in [0.1, 0.15) is 50.7 Å². The maximum absolute atomic E-state index is 7.01. The number of hydrogen-bond donors (Lipinski definition) is 0. The minimum atomic E-state index is 0. The van der Waals surface area contributed by atoms with Crippen LogP contribution in [0.15, 0.2) is 211 Å². The monoisotopic (exact) mass is 1080 g/mol. The molecule has 6 heteroatoms. The first-order chi connectivity index (χ1) is 33.9. The third-order valence-corrected chi connectivity index (χ3v) is 13.4. The predicted molar refractivity (Wildman–Crippen MR) is 287 cm³/mol. The van der Waals surface area contributed by atoms with Crippen LogP contribution in [-0.4, -0.2) is 19.1 Å². The maximum atomic E-state index is 7.01. The van der Waals surface area contributed by atoms with Crippen molar-refractivity contribution >= 4 is 65.6 Å². The van der Waals surface area contributed by atoms with E-state index < -0.39 is 0 Å². The number of furan rings is 1. The Morgan fingerprint density at radius 2 is 1.17 bits per heavy atom. The molecular weight excluding hydrogens is 1030 g/mol. The van der Waals surface area contributed by atoms with Gasteiger partial charge in [0, 0.05) is 64.6 Å². The molecule has 0 N–H and O–H groups in total. The van der Waals surface area contributed by atoms with Crippen molar-refractivity contribution in [1.29, 1.82) is 0 Å². The molecule has 4 heterocycles. The van der Waals surface area contributed by atoms with E-state index in [0.717, 1.165) is 77.7 Å². The van der Waals surface area contributed by atoms with E-state index in [1.165, 1.54) is 44.1 Å². The SMILES string of the molecule is CC(C)c1cc(-c2ccccc2)cc(C(C)C)c1-n1c(-c2[c-]cc(-n3c4ccccc4c4ccccc43)c3c2oc2ccccc23)nc2ccc3ccccc3c21.[Ir].[c-]1ccccc1-c1ccccn1. The van der Waals surface area contributed by atoms with E-state index in [1.807, 2.05) is 48.5 Å². The molecule has 0 aliphatic rings. The Labute approximate surface area is 421 Å². The van der Waals surface area contributed by atoms with Gasteiger partial charge in [0.1, 0.15) is 5.58 Å². The number of nitrogens with zero attached hydrogens (tertiary/aromatic N) is 4. The third kappa shape index (κ3) is 7.61. The Kier molecular flexibility index (Phi) is 11.8. The van der Waals surface area contributed by atoms with Crippen molar-refractivity contribution in [2.45, 2.75) is 39.5 Å². The fourth-order valence-electron chi connectivity index (χ4n) is 10.2. The molecule has 0 amide bonds. The van der Waals surface area contributed by atoms with Crippen molar-refractivity contribution in [2.75, 3.05) is 0 Å². The van der Waals surface area contributed by atoms with Gasteiger partial charge in [-0.1, -0.05) is 161 Å². The fourth-order valence-corrected chi connectivity index (χ4v) is 10.2. The molecule has 0 atom stereocenters. The quantitative estimate of drug-likeness (QED) is 0.149. The van der Waals surface area contributed by atoms with Crippen LogP contribution in [0.3, 0.4) is 0 Å². The summed E-state index contributed by atoms with van der Waals surface area (Å²) in [5.74, 6) is 1.28. The van der Waals surface area contributed by atoms with Gasteiger partial charge in [0.15, 0.2) is 0 Å². The smallest absolute Gasteiger partial charge is 0.121 e. The Morgan fingerprint density at radius 1 is 0.543 bits per heavy atom. The molecule has 5 nitrogen and oxygen atoms in total. The molecule has 0 aliphatic carbocycles. The summed E-state index contributed by atoms with van der Waals surface area (Å²) >= 11 is 0. The van der Waals surface area contributed by atoms with Crippen LogP contribution in [0.25, 0.3) is 111 Å². The van der Waals surface area contributed by atoms with Gasteiger partial charge in [0.2, 0.25) is 0 Å². The van der Waals surface area contributed by atoms with Crippen molar-refractivity contribution in [3.05, 3.63) is 230 Å². The van der Waals surface area contributed by atoms with Gasteiger partial charge < -0.3 is 18.5 Å². The summed E-state index contributed by atoms with van der Waals surface area (Å²) in [6, 6.07) is 77.1. The first-order valence-electron chi connectivity index (χ1n) is 23.8.